The Morgan fingerprint density at radius 1 is 1.11 bits per heavy atom. The Morgan fingerprint density at radius 2 is 1.74 bits per heavy atom. The third-order valence-corrected chi connectivity index (χ3v) is 3.21. The molecule has 1 amide bonds. The lowest BCUT2D eigenvalue weighted by Gasteiger charge is -2.13. The molecular weight excluding hydrogens is 376 g/mol. The van der Waals surface area contributed by atoms with Crippen LogP contribution in [0, 0.1) is 15.9 Å². The van der Waals surface area contributed by atoms with Crippen LogP contribution < -0.4 is 5.32 Å². The smallest absolute Gasteiger partial charge is 0.418 e. The van der Waals surface area contributed by atoms with Crippen molar-refractivity contribution in [3.05, 3.63) is 69.5 Å². The topological polar surface area (TPSA) is 98.5 Å². The van der Waals surface area contributed by atoms with Crippen LogP contribution in [-0.4, -0.2) is 23.4 Å². The lowest BCUT2D eigenvalue weighted by Crippen LogP contribution is -2.23. The van der Waals surface area contributed by atoms with Gasteiger partial charge in [0.2, 0.25) is 0 Å². The molecular formula is C16H10F4N2O5. The highest BCUT2D eigenvalue weighted by Gasteiger charge is 2.35. The molecule has 0 saturated heterocycles. The summed E-state index contributed by atoms with van der Waals surface area (Å²) in [4.78, 5) is 33.0. The van der Waals surface area contributed by atoms with Gasteiger partial charge in [0.05, 0.1) is 21.7 Å². The molecule has 27 heavy (non-hydrogen) atoms. The van der Waals surface area contributed by atoms with E-state index in [1.807, 2.05) is 5.32 Å². The fraction of sp³-hybridized carbons (Fsp3) is 0.125. The number of carbonyl (C=O) groups is 2. The maximum Gasteiger partial charge on any atom is 0.418 e. The number of anilines is 1. The highest BCUT2D eigenvalue weighted by Crippen LogP contribution is 2.37. The van der Waals surface area contributed by atoms with E-state index in [9.17, 15) is 37.3 Å². The van der Waals surface area contributed by atoms with E-state index in [0.717, 1.165) is 36.4 Å². The summed E-state index contributed by atoms with van der Waals surface area (Å²) in [6.45, 7) is -0.912. The molecule has 2 aromatic rings. The number of non-ortho nitro benzene ring substituents is 1. The molecule has 0 unspecified atom stereocenters. The molecule has 7 nitrogen and oxygen atoms in total. The monoisotopic (exact) mass is 386 g/mol. The van der Waals surface area contributed by atoms with Crippen LogP contribution >= 0.6 is 0 Å². The molecule has 0 aliphatic heterocycles. The first-order chi connectivity index (χ1) is 12.6. The van der Waals surface area contributed by atoms with Crippen molar-refractivity contribution < 1.29 is 36.8 Å². The number of ether oxygens (including phenoxy) is 1. The lowest BCUT2D eigenvalue weighted by atomic mass is 10.1. The van der Waals surface area contributed by atoms with Crippen molar-refractivity contribution in [3.63, 3.8) is 0 Å². The van der Waals surface area contributed by atoms with Crippen LogP contribution in [-0.2, 0) is 15.7 Å². The summed E-state index contributed by atoms with van der Waals surface area (Å²) < 4.78 is 56.5. The van der Waals surface area contributed by atoms with Crippen LogP contribution in [0.4, 0.5) is 28.9 Å². The van der Waals surface area contributed by atoms with Gasteiger partial charge in [-0.1, -0.05) is 0 Å². The Balaban J connectivity index is 2.08. The number of carbonyl (C=O) groups excluding carboxylic acids is 2. The van der Waals surface area contributed by atoms with E-state index in [2.05, 4.69) is 4.74 Å². The lowest BCUT2D eigenvalue weighted by molar-refractivity contribution is -0.385. The number of nitro groups is 1. The van der Waals surface area contributed by atoms with Crippen LogP contribution in [0.2, 0.25) is 0 Å². The van der Waals surface area contributed by atoms with Crippen molar-refractivity contribution in [2.45, 2.75) is 6.18 Å². The van der Waals surface area contributed by atoms with E-state index >= 15 is 0 Å². The molecule has 0 aliphatic carbocycles. The number of halogens is 4. The second-order valence-corrected chi connectivity index (χ2v) is 5.12. The number of esters is 1. The third kappa shape index (κ3) is 5.23. The third-order valence-electron chi connectivity index (χ3n) is 3.21. The van der Waals surface area contributed by atoms with Crippen LogP contribution in [0.25, 0.3) is 0 Å². The van der Waals surface area contributed by atoms with Gasteiger partial charge in [-0.05, 0) is 30.3 Å². The van der Waals surface area contributed by atoms with E-state index in [1.165, 1.54) is 0 Å². The van der Waals surface area contributed by atoms with Crippen molar-refractivity contribution in [3.8, 4) is 0 Å². The Bertz CT molecular complexity index is 881. The van der Waals surface area contributed by atoms with Gasteiger partial charge < -0.3 is 10.1 Å². The highest BCUT2D eigenvalue weighted by atomic mass is 19.4. The molecule has 0 spiro atoms. The van der Waals surface area contributed by atoms with E-state index in [0.29, 0.717) is 0 Å². The SMILES string of the molecule is O=C(COC(=O)c1ccc(F)cc1)Nc1ccc([N+](=O)[O-])cc1C(F)(F)F. The number of rotatable bonds is 5. The zero-order valence-electron chi connectivity index (χ0n) is 13.2. The fourth-order valence-electron chi connectivity index (χ4n) is 1.98. The van der Waals surface area contributed by atoms with Gasteiger partial charge in [-0.15, -0.1) is 0 Å². The van der Waals surface area contributed by atoms with Crippen molar-refractivity contribution in [2.75, 3.05) is 11.9 Å². The molecule has 2 aromatic carbocycles. The second kappa shape index (κ2) is 7.81. The minimum Gasteiger partial charge on any atom is -0.452 e. The standard InChI is InChI=1S/C16H10F4N2O5/c17-10-3-1-9(2-4-10)15(24)27-8-14(23)21-13-6-5-11(22(25)26)7-12(13)16(18,19)20/h1-7H,8H2,(H,21,23). The zero-order valence-corrected chi connectivity index (χ0v) is 13.2. The number of nitrogens with one attached hydrogen (secondary N) is 1. The van der Waals surface area contributed by atoms with Gasteiger partial charge in [-0.2, -0.15) is 13.2 Å². The number of hydrogen-bond donors (Lipinski definition) is 1. The van der Waals surface area contributed by atoms with Gasteiger partial charge in [0, 0.05) is 12.1 Å². The summed E-state index contributed by atoms with van der Waals surface area (Å²) in [6, 6.07) is 5.98. The van der Waals surface area contributed by atoms with E-state index < -0.39 is 52.3 Å². The summed E-state index contributed by atoms with van der Waals surface area (Å²) in [5.74, 6) is -2.67. The summed E-state index contributed by atoms with van der Waals surface area (Å²) in [6.07, 6.45) is -4.96. The second-order valence-electron chi connectivity index (χ2n) is 5.12. The molecule has 1 N–H and O–H groups in total. The minimum absolute atomic E-state index is 0.0597. The van der Waals surface area contributed by atoms with Gasteiger partial charge in [-0.25, -0.2) is 9.18 Å². The van der Waals surface area contributed by atoms with Gasteiger partial charge >= 0.3 is 12.1 Å². The van der Waals surface area contributed by atoms with Crippen LogP contribution in [0.5, 0.6) is 0 Å². The van der Waals surface area contributed by atoms with E-state index in [4.69, 9.17) is 0 Å². The molecule has 0 aliphatic rings. The fourth-order valence-corrected chi connectivity index (χ4v) is 1.98. The first kappa shape index (κ1) is 19.8. The van der Waals surface area contributed by atoms with Crippen molar-refractivity contribution in [1.82, 2.24) is 0 Å². The minimum atomic E-state index is -4.96. The number of hydrogen-bond acceptors (Lipinski definition) is 5. The molecule has 142 valence electrons. The molecule has 0 bridgehead atoms. The largest absolute Gasteiger partial charge is 0.452 e. The molecule has 2 rings (SSSR count). The van der Waals surface area contributed by atoms with Gasteiger partial charge in [-0.3, -0.25) is 14.9 Å². The molecule has 0 saturated carbocycles. The number of alkyl halides is 3. The number of nitro benzene ring substituents is 1. The molecule has 0 radical (unpaired) electrons. The average molecular weight is 386 g/mol. The maximum atomic E-state index is 13.0. The Morgan fingerprint density at radius 3 is 2.30 bits per heavy atom. The van der Waals surface area contributed by atoms with E-state index in [-0.39, 0.29) is 11.6 Å². The van der Waals surface area contributed by atoms with Crippen molar-refractivity contribution >= 4 is 23.3 Å². The van der Waals surface area contributed by atoms with E-state index in [1.54, 1.807) is 0 Å². The molecule has 0 fully saturated rings. The highest BCUT2D eigenvalue weighted by molar-refractivity contribution is 5.96. The maximum absolute atomic E-state index is 13.0. The summed E-state index contributed by atoms with van der Waals surface area (Å²) in [5, 5.41) is 12.5. The van der Waals surface area contributed by atoms with Crippen molar-refractivity contribution in [1.29, 1.82) is 0 Å². The zero-order chi connectivity index (χ0) is 20.2. The number of nitrogens with zero attached hydrogens (tertiary/aromatic N) is 1. The number of benzene rings is 2. The summed E-state index contributed by atoms with van der Waals surface area (Å²) >= 11 is 0. The number of amides is 1. The van der Waals surface area contributed by atoms with Gasteiger partial charge in [0.25, 0.3) is 11.6 Å². The Labute approximate surface area is 148 Å². The van der Waals surface area contributed by atoms with Gasteiger partial charge in [0.15, 0.2) is 6.61 Å². The first-order valence-corrected chi connectivity index (χ1v) is 7.16. The first-order valence-electron chi connectivity index (χ1n) is 7.16. The average Bonchev–Trinajstić information content (AvgIpc) is 2.59. The van der Waals surface area contributed by atoms with Crippen LogP contribution in [0.1, 0.15) is 15.9 Å². The Hall–Kier alpha value is -3.50. The molecule has 0 heterocycles. The summed E-state index contributed by atoms with van der Waals surface area (Å²) in [7, 11) is 0. The molecule has 11 heteroatoms. The predicted octanol–water partition coefficient (Wildman–Crippen LogP) is 3.55. The predicted molar refractivity (Wildman–Crippen MR) is 83.4 cm³/mol. The molecule has 0 atom stereocenters. The quantitative estimate of drug-likeness (QED) is 0.367. The van der Waals surface area contributed by atoms with Crippen molar-refractivity contribution in [2.24, 2.45) is 0 Å². The van der Waals surface area contributed by atoms with Crippen LogP contribution in [0.3, 0.4) is 0 Å². The summed E-state index contributed by atoms with van der Waals surface area (Å²) in [5.41, 5.74) is -3.01. The van der Waals surface area contributed by atoms with Gasteiger partial charge in [0.1, 0.15) is 5.82 Å². The normalized spacial score (nSPS) is 11.0. The molecule has 0 aromatic heterocycles. The Kier molecular flexibility index (Phi) is 5.73. The van der Waals surface area contributed by atoms with Crippen LogP contribution in [0.15, 0.2) is 42.5 Å².